The minimum atomic E-state index is -0.437. The first kappa shape index (κ1) is 20.2. The van der Waals surface area contributed by atoms with Crippen LogP contribution in [0.2, 0.25) is 0 Å². The van der Waals surface area contributed by atoms with E-state index in [0.29, 0.717) is 24.2 Å². The van der Waals surface area contributed by atoms with E-state index in [-0.39, 0.29) is 28.6 Å². The lowest BCUT2D eigenvalue weighted by atomic mass is 9.48. The number of hydrogen-bond acceptors (Lipinski definition) is 2. The van der Waals surface area contributed by atoms with Crippen molar-refractivity contribution in [3.63, 3.8) is 0 Å². The maximum atomic E-state index is 13.7. The average molecular weight is 412 g/mol. The quantitative estimate of drug-likeness (QED) is 0.603. The number of carbonyl (C=O) groups excluding carboxylic acids is 1. The zero-order chi connectivity index (χ0) is 21.4. The third kappa shape index (κ3) is 2.62. The summed E-state index contributed by atoms with van der Waals surface area (Å²) in [5.74, 6) is 1.51. The Bertz CT molecular complexity index is 914. The van der Waals surface area contributed by atoms with Gasteiger partial charge in [-0.05, 0) is 98.1 Å². The van der Waals surface area contributed by atoms with E-state index < -0.39 is 6.10 Å². The molecule has 3 saturated carbocycles. The van der Waals surface area contributed by atoms with Gasteiger partial charge in [0.2, 0.25) is 5.91 Å². The summed E-state index contributed by atoms with van der Waals surface area (Å²) in [6, 6.07) is 0.279. The molecule has 0 bridgehead atoms. The van der Waals surface area contributed by atoms with Gasteiger partial charge >= 0.3 is 0 Å². The largest absolute Gasteiger partial charge is 0.388 e. The van der Waals surface area contributed by atoms with Crippen LogP contribution in [0.5, 0.6) is 0 Å². The number of rotatable bonds is 0. The number of aliphatic hydroxyl groups excluding tert-OH is 1. The van der Waals surface area contributed by atoms with Gasteiger partial charge < -0.3 is 10.0 Å². The van der Waals surface area contributed by atoms with Crippen LogP contribution < -0.4 is 0 Å². The molecule has 1 amide bonds. The second-order valence-electron chi connectivity index (χ2n) is 10.9. The smallest absolute Gasteiger partial charge is 0.246 e. The highest BCUT2D eigenvalue weighted by molar-refractivity contribution is 5.89. The lowest BCUT2D eigenvalue weighted by Gasteiger charge is -2.59. The Balaban J connectivity index is 1.51. The van der Waals surface area contributed by atoms with Crippen LogP contribution in [0, 0.1) is 28.6 Å². The standard InChI is InChI=1S/C26H34FNO2/c1-15-13-16(27)5-6-17(15)19-14-21-18-7-8-22-25(2,12-10-23(29)28(22)4)20(18)9-11-26(21,3)24(19)30/h5,10,12-13,18,20-22,24,30H,6-9,11,14H2,1-4H3/t18-,20+,21+,22-,24+,25-,26+/m1/s1. The van der Waals surface area contributed by atoms with Crippen LogP contribution in [-0.4, -0.2) is 35.1 Å². The number of allylic oxidation sites excluding steroid dienone is 5. The van der Waals surface area contributed by atoms with Gasteiger partial charge in [-0.15, -0.1) is 0 Å². The molecule has 0 unspecified atom stereocenters. The predicted molar refractivity (Wildman–Crippen MR) is 116 cm³/mol. The molecule has 4 aliphatic carbocycles. The fourth-order valence-corrected chi connectivity index (χ4v) is 7.94. The minimum Gasteiger partial charge on any atom is -0.388 e. The summed E-state index contributed by atoms with van der Waals surface area (Å²) in [4.78, 5) is 14.2. The molecule has 1 N–H and O–H groups in total. The van der Waals surface area contributed by atoms with Crippen molar-refractivity contribution in [1.82, 2.24) is 4.90 Å². The Kier molecular flexibility index (Phi) is 4.49. The molecule has 5 aliphatic rings. The molecule has 3 nitrogen and oxygen atoms in total. The zero-order valence-corrected chi connectivity index (χ0v) is 18.6. The molecule has 0 spiro atoms. The normalized spacial score (nSPS) is 48.0. The van der Waals surface area contributed by atoms with Gasteiger partial charge in [0.25, 0.3) is 0 Å². The molecular formula is C26H34FNO2. The highest BCUT2D eigenvalue weighted by Gasteiger charge is 2.61. The first-order chi connectivity index (χ1) is 14.2. The fraction of sp³-hybridized carbons (Fsp3) is 0.654. The minimum absolute atomic E-state index is 0.0142. The lowest BCUT2D eigenvalue weighted by molar-refractivity contribution is -0.140. The Morgan fingerprint density at radius 2 is 1.97 bits per heavy atom. The number of carbonyl (C=O) groups is 1. The van der Waals surface area contributed by atoms with Gasteiger partial charge in [0, 0.05) is 23.9 Å². The number of nitrogens with zero attached hydrogens (tertiary/aromatic N) is 1. The van der Waals surface area contributed by atoms with Crippen LogP contribution in [-0.2, 0) is 4.79 Å². The van der Waals surface area contributed by atoms with Gasteiger partial charge in [-0.2, -0.15) is 0 Å². The summed E-state index contributed by atoms with van der Waals surface area (Å²) >= 11 is 0. The van der Waals surface area contributed by atoms with Crippen molar-refractivity contribution >= 4 is 5.91 Å². The molecule has 30 heavy (non-hydrogen) atoms. The summed E-state index contributed by atoms with van der Waals surface area (Å²) in [5, 5.41) is 11.5. The van der Waals surface area contributed by atoms with Crippen LogP contribution in [0.3, 0.4) is 0 Å². The van der Waals surface area contributed by atoms with Crippen molar-refractivity contribution in [3.05, 3.63) is 46.9 Å². The van der Waals surface area contributed by atoms with Crippen LogP contribution in [0.4, 0.5) is 4.39 Å². The summed E-state index contributed by atoms with van der Waals surface area (Å²) in [5.41, 5.74) is 3.18. The zero-order valence-electron chi connectivity index (χ0n) is 18.6. The van der Waals surface area contributed by atoms with E-state index in [1.807, 2.05) is 18.9 Å². The average Bonchev–Trinajstić information content (AvgIpc) is 2.97. The fourth-order valence-electron chi connectivity index (χ4n) is 7.94. The molecule has 0 saturated heterocycles. The Morgan fingerprint density at radius 3 is 2.70 bits per heavy atom. The van der Waals surface area contributed by atoms with E-state index in [4.69, 9.17) is 0 Å². The highest BCUT2D eigenvalue weighted by Crippen LogP contribution is 2.65. The van der Waals surface area contributed by atoms with Crippen molar-refractivity contribution < 1.29 is 14.3 Å². The summed E-state index contributed by atoms with van der Waals surface area (Å²) in [7, 11) is 1.95. The number of hydrogen-bond donors (Lipinski definition) is 1. The molecule has 3 fully saturated rings. The Labute approximate surface area is 179 Å². The molecule has 0 aromatic carbocycles. The molecule has 0 aromatic rings. The van der Waals surface area contributed by atoms with E-state index in [9.17, 15) is 14.3 Å². The molecule has 0 radical (unpaired) electrons. The van der Waals surface area contributed by atoms with Crippen LogP contribution in [0.15, 0.2) is 46.9 Å². The lowest BCUT2D eigenvalue weighted by Crippen LogP contribution is -2.59. The maximum absolute atomic E-state index is 13.7. The molecule has 4 heteroatoms. The second kappa shape index (κ2) is 6.66. The number of amides is 1. The maximum Gasteiger partial charge on any atom is 0.246 e. The van der Waals surface area contributed by atoms with Gasteiger partial charge in [0.1, 0.15) is 5.83 Å². The molecular weight excluding hydrogens is 377 g/mol. The number of aliphatic hydroxyl groups is 1. The number of halogens is 1. The van der Waals surface area contributed by atoms with Crippen molar-refractivity contribution in [2.75, 3.05) is 7.05 Å². The summed E-state index contributed by atoms with van der Waals surface area (Å²) in [6.45, 7) is 6.61. The van der Waals surface area contributed by atoms with E-state index >= 15 is 0 Å². The van der Waals surface area contributed by atoms with Crippen molar-refractivity contribution in [3.8, 4) is 0 Å². The topological polar surface area (TPSA) is 40.5 Å². The molecule has 162 valence electrons. The van der Waals surface area contributed by atoms with Crippen molar-refractivity contribution in [1.29, 1.82) is 0 Å². The third-order valence-corrected chi connectivity index (χ3v) is 9.68. The Morgan fingerprint density at radius 1 is 1.20 bits per heavy atom. The second-order valence-corrected chi connectivity index (χ2v) is 10.9. The third-order valence-electron chi connectivity index (χ3n) is 9.68. The molecule has 5 rings (SSSR count). The predicted octanol–water partition coefficient (Wildman–Crippen LogP) is 5.10. The van der Waals surface area contributed by atoms with Gasteiger partial charge in [-0.25, -0.2) is 4.39 Å². The highest BCUT2D eigenvalue weighted by atomic mass is 19.1. The molecule has 1 aliphatic heterocycles. The molecule has 0 aromatic heterocycles. The summed E-state index contributed by atoms with van der Waals surface area (Å²) in [6.07, 6.45) is 12.6. The summed E-state index contributed by atoms with van der Waals surface area (Å²) < 4.78 is 13.7. The SMILES string of the molecule is CC1=CC(F)=CCC1=C1C[C@H]2[C@@H]3CC[C@H]4N(C)C(=O)C=C[C@]4(C)[C@H]3CC[C@]2(C)[C@H]1O. The number of likely N-dealkylation sites (N-methyl/N-ethyl adjacent to an activating group) is 1. The van der Waals surface area contributed by atoms with Crippen LogP contribution >= 0.6 is 0 Å². The van der Waals surface area contributed by atoms with E-state index in [0.717, 1.165) is 48.8 Å². The van der Waals surface area contributed by atoms with E-state index in [1.54, 1.807) is 18.2 Å². The van der Waals surface area contributed by atoms with E-state index in [2.05, 4.69) is 19.9 Å². The molecule has 7 atom stereocenters. The first-order valence-electron chi connectivity index (χ1n) is 11.6. The van der Waals surface area contributed by atoms with Gasteiger partial charge in [0.15, 0.2) is 0 Å². The van der Waals surface area contributed by atoms with Crippen LogP contribution in [0.25, 0.3) is 0 Å². The monoisotopic (exact) mass is 411 g/mol. The van der Waals surface area contributed by atoms with Crippen LogP contribution in [0.1, 0.15) is 59.3 Å². The van der Waals surface area contributed by atoms with Gasteiger partial charge in [0.05, 0.1) is 6.10 Å². The number of fused-ring (bicyclic) bond motifs is 5. The van der Waals surface area contributed by atoms with Crippen molar-refractivity contribution in [2.24, 2.45) is 28.6 Å². The van der Waals surface area contributed by atoms with Gasteiger partial charge in [-0.3, -0.25) is 4.79 Å². The van der Waals surface area contributed by atoms with E-state index in [1.165, 1.54) is 0 Å². The Hall–Kier alpha value is -1.68. The first-order valence-corrected chi connectivity index (χ1v) is 11.6. The van der Waals surface area contributed by atoms with Crippen molar-refractivity contribution in [2.45, 2.75) is 71.4 Å². The molecule has 1 heterocycles. The van der Waals surface area contributed by atoms with Gasteiger partial charge in [-0.1, -0.05) is 19.9 Å².